The van der Waals surface area contributed by atoms with Gasteiger partial charge in [-0.2, -0.15) is 0 Å². The van der Waals surface area contributed by atoms with Crippen LogP contribution in [-0.4, -0.2) is 52.6 Å². The van der Waals surface area contributed by atoms with Gasteiger partial charge in [0, 0.05) is 18.7 Å². The molecule has 1 amide bonds. The number of ether oxygens (including phenoxy) is 2. The highest BCUT2D eigenvalue weighted by molar-refractivity contribution is 5.97. The van der Waals surface area contributed by atoms with Crippen LogP contribution in [0.3, 0.4) is 0 Å². The maximum atomic E-state index is 12.9. The van der Waals surface area contributed by atoms with Gasteiger partial charge in [-0.3, -0.25) is 24.7 Å². The molecular formula is C18H19N3O7. The lowest BCUT2D eigenvalue weighted by Gasteiger charge is -2.22. The molecule has 10 nitrogen and oxygen atoms in total. The fourth-order valence-electron chi connectivity index (χ4n) is 2.55. The maximum Gasteiger partial charge on any atom is 0.323 e. The van der Waals surface area contributed by atoms with Crippen LogP contribution in [0.5, 0.6) is 11.5 Å². The Balaban J connectivity index is 2.41. The van der Waals surface area contributed by atoms with Crippen molar-refractivity contribution >= 4 is 17.6 Å². The lowest BCUT2D eigenvalue weighted by atomic mass is 10.1. The minimum absolute atomic E-state index is 0.0367. The normalized spacial score (nSPS) is 10.2. The van der Waals surface area contributed by atoms with Crippen molar-refractivity contribution < 1.29 is 29.1 Å². The van der Waals surface area contributed by atoms with Gasteiger partial charge in [-0.25, -0.2) is 0 Å². The third-order valence-electron chi connectivity index (χ3n) is 3.91. The number of rotatable bonds is 8. The van der Waals surface area contributed by atoms with Gasteiger partial charge in [-0.15, -0.1) is 0 Å². The molecule has 2 rings (SSSR count). The molecule has 2 aromatic rings. The van der Waals surface area contributed by atoms with Crippen LogP contribution in [0.25, 0.3) is 0 Å². The first-order valence-corrected chi connectivity index (χ1v) is 8.09. The van der Waals surface area contributed by atoms with Crippen molar-refractivity contribution in [3.63, 3.8) is 0 Å². The number of carbonyl (C=O) groups is 2. The SMILES string of the molecule is COc1cc(CN(CC(=O)O)C(=O)c2cc([N+](=O)[O-])cnc2C)cc(OC)c1. The van der Waals surface area contributed by atoms with Crippen LogP contribution < -0.4 is 9.47 Å². The second-order valence-corrected chi connectivity index (χ2v) is 5.86. The number of carboxylic acids is 1. The highest BCUT2D eigenvalue weighted by atomic mass is 16.6. The number of nitrogens with zero attached hydrogens (tertiary/aromatic N) is 3. The number of hydrogen-bond donors (Lipinski definition) is 1. The first-order chi connectivity index (χ1) is 13.2. The minimum atomic E-state index is -1.22. The van der Waals surface area contributed by atoms with Gasteiger partial charge in [0.05, 0.1) is 30.4 Å². The molecule has 0 radical (unpaired) electrons. The monoisotopic (exact) mass is 389 g/mol. The molecular weight excluding hydrogens is 370 g/mol. The summed E-state index contributed by atoms with van der Waals surface area (Å²) in [6, 6.07) is 6.01. The molecule has 0 fully saturated rings. The fourth-order valence-corrected chi connectivity index (χ4v) is 2.55. The first-order valence-electron chi connectivity index (χ1n) is 8.09. The number of pyridine rings is 1. The van der Waals surface area contributed by atoms with E-state index < -0.39 is 23.3 Å². The Labute approximate surface area is 160 Å². The van der Waals surface area contributed by atoms with Crippen molar-refractivity contribution in [1.29, 1.82) is 0 Å². The number of amides is 1. The van der Waals surface area contributed by atoms with Crippen molar-refractivity contribution in [2.75, 3.05) is 20.8 Å². The Morgan fingerprint density at radius 2 is 1.79 bits per heavy atom. The van der Waals surface area contributed by atoms with E-state index in [4.69, 9.17) is 9.47 Å². The predicted molar refractivity (Wildman–Crippen MR) is 97.6 cm³/mol. The van der Waals surface area contributed by atoms with E-state index in [9.17, 15) is 24.8 Å². The lowest BCUT2D eigenvalue weighted by Crippen LogP contribution is -2.35. The van der Waals surface area contributed by atoms with Crippen LogP contribution >= 0.6 is 0 Å². The second kappa shape index (κ2) is 8.80. The van der Waals surface area contributed by atoms with Gasteiger partial charge in [0.1, 0.15) is 24.2 Å². The fraction of sp³-hybridized carbons (Fsp3) is 0.278. The average molecular weight is 389 g/mol. The van der Waals surface area contributed by atoms with Crippen LogP contribution in [0.15, 0.2) is 30.5 Å². The van der Waals surface area contributed by atoms with Crippen LogP contribution in [0.2, 0.25) is 0 Å². The third kappa shape index (κ3) is 4.93. The van der Waals surface area contributed by atoms with Crippen LogP contribution in [0, 0.1) is 17.0 Å². The van der Waals surface area contributed by atoms with Crippen molar-refractivity contribution in [2.45, 2.75) is 13.5 Å². The number of nitro groups is 1. The Morgan fingerprint density at radius 1 is 1.18 bits per heavy atom. The quantitative estimate of drug-likeness (QED) is 0.536. The van der Waals surface area contributed by atoms with Gasteiger partial charge in [0.25, 0.3) is 11.6 Å². The highest BCUT2D eigenvalue weighted by Gasteiger charge is 2.24. The van der Waals surface area contributed by atoms with Gasteiger partial charge in [-0.1, -0.05) is 0 Å². The zero-order valence-electron chi connectivity index (χ0n) is 15.5. The number of hydrogen-bond acceptors (Lipinski definition) is 7. The van der Waals surface area contributed by atoms with E-state index in [1.165, 1.54) is 21.1 Å². The van der Waals surface area contributed by atoms with Gasteiger partial charge in [0.15, 0.2) is 0 Å². The molecule has 1 aromatic heterocycles. The maximum absolute atomic E-state index is 12.9. The summed E-state index contributed by atoms with van der Waals surface area (Å²) in [5.41, 5.74) is 0.439. The predicted octanol–water partition coefficient (Wildman–Crippen LogP) is 2.04. The van der Waals surface area contributed by atoms with Crippen molar-refractivity contribution in [3.05, 3.63) is 57.4 Å². The molecule has 0 saturated heterocycles. The smallest absolute Gasteiger partial charge is 0.323 e. The molecule has 10 heteroatoms. The molecule has 0 aliphatic carbocycles. The topological polar surface area (TPSA) is 132 Å². The minimum Gasteiger partial charge on any atom is -0.497 e. The number of carbonyl (C=O) groups excluding carboxylic acids is 1. The number of aromatic nitrogens is 1. The molecule has 1 N–H and O–H groups in total. The van der Waals surface area contributed by atoms with Crippen LogP contribution in [-0.2, 0) is 11.3 Å². The lowest BCUT2D eigenvalue weighted by molar-refractivity contribution is -0.385. The summed E-state index contributed by atoms with van der Waals surface area (Å²) in [5, 5.41) is 20.2. The summed E-state index contributed by atoms with van der Waals surface area (Å²) in [6.07, 6.45) is 1.04. The van der Waals surface area contributed by atoms with Crippen molar-refractivity contribution in [2.24, 2.45) is 0 Å². The summed E-state index contributed by atoms with van der Waals surface area (Å²) in [6.45, 7) is 0.853. The molecule has 0 unspecified atom stereocenters. The summed E-state index contributed by atoms with van der Waals surface area (Å²) in [5.74, 6) is -0.951. The molecule has 0 saturated carbocycles. The molecule has 1 heterocycles. The molecule has 148 valence electrons. The third-order valence-corrected chi connectivity index (χ3v) is 3.91. The summed E-state index contributed by atoms with van der Waals surface area (Å²) in [4.78, 5) is 39.4. The van der Waals surface area contributed by atoms with E-state index in [1.807, 2.05) is 0 Å². The Bertz CT molecular complexity index is 892. The van der Waals surface area contributed by atoms with Crippen LogP contribution in [0.1, 0.15) is 21.6 Å². The van der Waals surface area contributed by atoms with Crippen LogP contribution in [0.4, 0.5) is 5.69 Å². The van der Waals surface area contributed by atoms with E-state index in [1.54, 1.807) is 18.2 Å². The van der Waals surface area contributed by atoms with Gasteiger partial charge >= 0.3 is 5.97 Å². The van der Waals surface area contributed by atoms with Gasteiger partial charge in [0.2, 0.25) is 0 Å². The molecule has 0 spiro atoms. The summed E-state index contributed by atoms with van der Waals surface area (Å²) < 4.78 is 10.4. The Kier molecular flexibility index (Phi) is 6.48. The number of benzene rings is 1. The van der Waals surface area contributed by atoms with E-state index in [2.05, 4.69) is 4.98 Å². The van der Waals surface area contributed by atoms with Crippen molar-refractivity contribution in [3.8, 4) is 11.5 Å². The molecule has 28 heavy (non-hydrogen) atoms. The number of methoxy groups -OCH3 is 2. The van der Waals surface area contributed by atoms with Gasteiger partial charge in [-0.05, 0) is 24.6 Å². The van der Waals surface area contributed by atoms with E-state index in [-0.39, 0.29) is 23.5 Å². The average Bonchev–Trinajstić information content (AvgIpc) is 2.66. The number of carboxylic acid groups (broad SMARTS) is 1. The first kappa shape index (κ1) is 20.6. The highest BCUT2D eigenvalue weighted by Crippen LogP contribution is 2.24. The number of aliphatic carboxylic acids is 1. The Hall–Kier alpha value is -3.69. The summed E-state index contributed by atoms with van der Waals surface area (Å²) >= 11 is 0. The van der Waals surface area contributed by atoms with Gasteiger partial charge < -0.3 is 19.5 Å². The zero-order chi connectivity index (χ0) is 20.8. The Morgan fingerprint density at radius 3 is 2.29 bits per heavy atom. The zero-order valence-corrected chi connectivity index (χ0v) is 15.5. The second-order valence-electron chi connectivity index (χ2n) is 5.86. The molecule has 0 aliphatic heterocycles. The molecule has 1 aromatic carbocycles. The van der Waals surface area contributed by atoms with E-state index in [0.29, 0.717) is 17.1 Å². The largest absolute Gasteiger partial charge is 0.497 e. The molecule has 0 bridgehead atoms. The molecule has 0 aliphatic rings. The molecule has 0 atom stereocenters. The summed E-state index contributed by atoms with van der Waals surface area (Å²) in [7, 11) is 2.94. The van der Waals surface area contributed by atoms with Crippen molar-refractivity contribution in [1.82, 2.24) is 9.88 Å². The van der Waals surface area contributed by atoms with E-state index >= 15 is 0 Å². The number of aryl methyl sites for hydroxylation is 1. The standard InChI is InChI=1S/C18H19N3O7/c1-11-16(6-13(8-19-11)21(25)26)18(24)20(10-17(22)23)9-12-4-14(27-2)7-15(5-12)28-3/h4-8H,9-10H2,1-3H3,(H,22,23). The van der Waals surface area contributed by atoms with E-state index in [0.717, 1.165) is 17.2 Å².